The average Bonchev–Trinajstić information content (AvgIpc) is 3.04. The Balaban J connectivity index is 1.79. The first kappa shape index (κ1) is 11.1. The van der Waals surface area contributed by atoms with E-state index >= 15 is 0 Å². The van der Waals surface area contributed by atoms with Gasteiger partial charge in [0, 0.05) is 16.8 Å². The van der Waals surface area contributed by atoms with Gasteiger partial charge in [0.2, 0.25) is 6.79 Å². The summed E-state index contributed by atoms with van der Waals surface area (Å²) in [4.78, 5) is 12.0. The smallest absolute Gasteiger partial charge is 0.256 e. The van der Waals surface area contributed by atoms with E-state index in [-0.39, 0.29) is 12.7 Å². The van der Waals surface area contributed by atoms with Gasteiger partial charge in [0.05, 0.1) is 0 Å². The van der Waals surface area contributed by atoms with E-state index < -0.39 is 0 Å². The fourth-order valence-electron chi connectivity index (χ4n) is 2.45. The lowest BCUT2D eigenvalue weighted by Crippen LogP contribution is -2.03. The Morgan fingerprint density at radius 3 is 2.85 bits per heavy atom. The number of rotatable bonds is 1. The molecule has 1 amide bonds. The van der Waals surface area contributed by atoms with Crippen molar-refractivity contribution < 1.29 is 14.3 Å². The summed E-state index contributed by atoms with van der Waals surface area (Å²) in [6.07, 6.45) is 1.86. The van der Waals surface area contributed by atoms with E-state index in [9.17, 15) is 4.79 Å². The van der Waals surface area contributed by atoms with Gasteiger partial charge in [-0.2, -0.15) is 0 Å². The number of hydrogen-bond donors (Lipinski definition) is 1. The van der Waals surface area contributed by atoms with Gasteiger partial charge in [-0.1, -0.05) is 24.3 Å². The van der Waals surface area contributed by atoms with Gasteiger partial charge in [-0.05, 0) is 29.8 Å². The molecule has 98 valence electrons. The lowest BCUT2D eigenvalue weighted by molar-refractivity contribution is -0.110. The number of nitrogens with one attached hydrogen (secondary N) is 1. The maximum absolute atomic E-state index is 12.0. The Morgan fingerprint density at radius 2 is 1.90 bits per heavy atom. The Bertz CT molecular complexity index is 749. The highest BCUT2D eigenvalue weighted by atomic mass is 16.7. The lowest BCUT2D eigenvalue weighted by Gasteiger charge is -2.00. The topological polar surface area (TPSA) is 47.6 Å². The van der Waals surface area contributed by atoms with Crippen LogP contribution in [0.4, 0.5) is 5.69 Å². The van der Waals surface area contributed by atoms with Crippen LogP contribution in [0.3, 0.4) is 0 Å². The molecule has 2 aliphatic heterocycles. The van der Waals surface area contributed by atoms with E-state index in [1.165, 1.54) is 0 Å². The predicted octanol–water partition coefficient (Wildman–Crippen LogP) is 2.91. The van der Waals surface area contributed by atoms with Crippen molar-refractivity contribution in [3.05, 3.63) is 53.6 Å². The standard InChI is InChI=1S/C16H11NO3/c18-16-12(11-3-1-2-4-13(11)17-16)7-10-5-6-14-15(8-10)20-9-19-14/h1-8H,9H2,(H,17,18). The van der Waals surface area contributed by atoms with E-state index in [0.29, 0.717) is 11.3 Å². The number of carbonyl (C=O) groups excluding carboxylic acids is 1. The summed E-state index contributed by atoms with van der Waals surface area (Å²) in [6.45, 7) is 0.249. The van der Waals surface area contributed by atoms with Crippen molar-refractivity contribution in [2.24, 2.45) is 0 Å². The first-order chi connectivity index (χ1) is 9.81. The first-order valence-corrected chi connectivity index (χ1v) is 6.33. The van der Waals surface area contributed by atoms with Gasteiger partial charge in [0.1, 0.15) is 0 Å². The molecule has 2 aromatic carbocycles. The maximum atomic E-state index is 12.0. The number of fused-ring (bicyclic) bond motifs is 2. The van der Waals surface area contributed by atoms with Crippen LogP contribution in [-0.4, -0.2) is 12.7 Å². The number of hydrogen-bond acceptors (Lipinski definition) is 3. The number of benzene rings is 2. The minimum Gasteiger partial charge on any atom is -0.454 e. The average molecular weight is 265 g/mol. The third kappa shape index (κ3) is 1.66. The SMILES string of the molecule is O=C1Nc2ccccc2C1=Cc1ccc2c(c1)OCO2. The Kier molecular flexibility index (Phi) is 2.29. The molecule has 4 heteroatoms. The number of anilines is 1. The second-order valence-electron chi connectivity index (χ2n) is 4.67. The van der Waals surface area contributed by atoms with E-state index in [1.807, 2.05) is 48.5 Å². The van der Waals surface area contributed by atoms with Gasteiger partial charge in [0.15, 0.2) is 11.5 Å². The minimum absolute atomic E-state index is 0.0798. The lowest BCUT2D eigenvalue weighted by atomic mass is 10.0. The summed E-state index contributed by atoms with van der Waals surface area (Å²) in [5, 5.41) is 2.86. The third-order valence-electron chi connectivity index (χ3n) is 3.42. The van der Waals surface area contributed by atoms with E-state index in [1.54, 1.807) is 0 Å². The molecule has 0 bridgehead atoms. The largest absolute Gasteiger partial charge is 0.454 e. The number of carbonyl (C=O) groups is 1. The van der Waals surface area contributed by atoms with Crippen molar-refractivity contribution in [2.75, 3.05) is 12.1 Å². The summed E-state index contributed by atoms with van der Waals surface area (Å²) in [6, 6.07) is 13.3. The van der Waals surface area contributed by atoms with Crippen LogP contribution < -0.4 is 14.8 Å². The molecule has 20 heavy (non-hydrogen) atoms. The Labute approximate surface area is 115 Å². The van der Waals surface area contributed by atoms with Crippen LogP contribution in [0.5, 0.6) is 11.5 Å². The molecule has 0 aliphatic carbocycles. The van der Waals surface area contributed by atoms with E-state index in [0.717, 1.165) is 22.6 Å². The minimum atomic E-state index is -0.0798. The molecular formula is C16H11NO3. The Morgan fingerprint density at radius 1 is 1.05 bits per heavy atom. The number of ether oxygens (including phenoxy) is 2. The quantitative estimate of drug-likeness (QED) is 0.806. The van der Waals surface area contributed by atoms with Gasteiger partial charge < -0.3 is 14.8 Å². The molecule has 0 aromatic heterocycles. The molecule has 2 heterocycles. The fraction of sp³-hybridized carbons (Fsp3) is 0.0625. The zero-order chi connectivity index (χ0) is 13.5. The van der Waals surface area contributed by atoms with Crippen LogP contribution in [0, 0.1) is 0 Å². The highest BCUT2D eigenvalue weighted by Crippen LogP contribution is 2.36. The van der Waals surface area contributed by atoms with Gasteiger partial charge in [-0.3, -0.25) is 4.79 Å². The van der Waals surface area contributed by atoms with Crippen LogP contribution in [0.15, 0.2) is 42.5 Å². The predicted molar refractivity (Wildman–Crippen MR) is 75.5 cm³/mol. The first-order valence-electron chi connectivity index (χ1n) is 6.33. The fourth-order valence-corrected chi connectivity index (χ4v) is 2.45. The monoisotopic (exact) mass is 265 g/mol. The van der Waals surface area contributed by atoms with Crippen LogP contribution in [0.25, 0.3) is 11.6 Å². The molecular weight excluding hydrogens is 254 g/mol. The summed E-state index contributed by atoms with van der Waals surface area (Å²) < 4.78 is 10.6. The third-order valence-corrected chi connectivity index (χ3v) is 3.42. The molecule has 0 unspecified atom stereocenters. The van der Waals surface area contributed by atoms with E-state index in [2.05, 4.69) is 5.32 Å². The zero-order valence-corrected chi connectivity index (χ0v) is 10.6. The zero-order valence-electron chi connectivity index (χ0n) is 10.6. The van der Waals surface area contributed by atoms with Crippen molar-refractivity contribution in [3.8, 4) is 11.5 Å². The summed E-state index contributed by atoms with van der Waals surface area (Å²) >= 11 is 0. The highest BCUT2D eigenvalue weighted by Gasteiger charge is 2.23. The molecule has 0 fully saturated rings. The molecule has 4 rings (SSSR count). The molecule has 0 radical (unpaired) electrons. The molecule has 0 saturated heterocycles. The highest BCUT2D eigenvalue weighted by molar-refractivity contribution is 6.34. The molecule has 1 N–H and O–H groups in total. The molecule has 0 spiro atoms. The summed E-state index contributed by atoms with van der Waals surface area (Å²) in [5.74, 6) is 1.37. The Hall–Kier alpha value is -2.75. The van der Waals surface area contributed by atoms with Gasteiger partial charge in [-0.15, -0.1) is 0 Å². The summed E-state index contributed by atoms with van der Waals surface area (Å²) in [5.41, 5.74) is 3.36. The van der Waals surface area contributed by atoms with Crippen LogP contribution in [-0.2, 0) is 4.79 Å². The van der Waals surface area contributed by atoms with Crippen molar-refractivity contribution in [2.45, 2.75) is 0 Å². The van der Waals surface area contributed by atoms with E-state index in [4.69, 9.17) is 9.47 Å². The normalized spacial score (nSPS) is 17.2. The van der Waals surface area contributed by atoms with Crippen LogP contribution in [0.2, 0.25) is 0 Å². The van der Waals surface area contributed by atoms with Gasteiger partial charge in [-0.25, -0.2) is 0 Å². The van der Waals surface area contributed by atoms with Crippen LogP contribution in [0.1, 0.15) is 11.1 Å². The molecule has 0 atom stereocenters. The second-order valence-corrected chi connectivity index (χ2v) is 4.67. The van der Waals surface area contributed by atoms with Crippen molar-refractivity contribution in [1.82, 2.24) is 0 Å². The second kappa shape index (κ2) is 4.13. The molecule has 2 aromatic rings. The number of amides is 1. The number of para-hydroxylation sites is 1. The molecule has 0 saturated carbocycles. The van der Waals surface area contributed by atoms with Gasteiger partial charge >= 0.3 is 0 Å². The maximum Gasteiger partial charge on any atom is 0.256 e. The van der Waals surface area contributed by atoms with Crippen molar-refractivity contribution >= 4 is 23.2 Å². The molecule has 4 nitrogen and oxygen atoms in total. The van der Waals surface area contributed by atoms with Crippen molar-refractivity contribution in [3.63, 3.8) is 0 Å². The van der Waals surface area contributed by atoms with Crippen LogP contribution >= 0.6 is 0 Å². The summed E-state index contributed by atoms with van der Waals surface area (Å²) in [7, 11) is 0. The van der Waals surface area contributed by atoms with Gasteiger partial charge in [0.25, 0.3) is 5.91 Å². The van der Waals surface area contributed by atoms with Crippen molar-refractivity contribution in [1.29, 1.82) is 0 Å². The molecule has 2 aliphatic rings.